The third-order valence-corrected chi connectivity index (χ3v) is 5.25. The Kier molecular flexibility index (Phi) is 9.51. The van der Waals surface area contributed by atoms with Gasteiger partial charge in [0, 0.05) is 17.6 Å². The van der Waals surface area contributed by atoms with Gasteiger partial charge in [-0.05, 0) is 43.8 Å². The molecule has 1 aromatic carbocycles. The standard InChI is InChI=1S/C20H26BrN3O5S/c1-3-5-10-29-16-7-6-13(21)11-14(16)18(26)23-20(30)24-9-8-22-19(27)15(24)12-17(25)28-4-2/h6-7,11,15H,3-5,8-10,12H2,1-2H3,(H,22,27)(H,23,26,30). The number of thiocarbonyl (C=S) groups is 1. The van der Waals surface area contributed by atoms with Crippen molar-refractivity contribution in [2.45, 2.75) is 39.2 Å². The second-order valence-electron chi connectivity index (χ2n) is 6.61. The highest BCUT2D eigenvalue weighted by atomic mass is 79.9. The number of rotatable bonds is 8. The molecular formula is C20H26BrN3O5S. The van der Waals surface area contributed by atoms with Gasteiger partial charge in [0.05, 0.1) is 25.2 Å². The minimum Gasteiger partial charge on any atom is -0.493 e. The molecule has 0 aromatic heterocycles. The van der Waals surface area contributed by atoms with Crippen LogP contribution in [0.1, 0.15) is 43.5 Å². The highest BCUT2D eigenvalue weighted by Crippen LogP contribution is 2.24. The summed E-state index contributed by atoms with van der Waals surface area (Å²) in [4.78, 5) is 38.6. The number of esters is 1. The normalized spacial score (nSPS) is 15.9. The third kappa shape index (κ3) is 6.66. The van der Waals surface area contributed by atoms with Gasteiger partial charge < -0.3 is 19.7 Å². The highest BCUT2D eigenvalue weighted by Gasteiger charge is 2.34. The van der Waals surface area contributed by atoms with Crippen LogP contribution in [0.4, 0.5) is 0 Å². The van der Waals surface area contributed by atoms with E-state index in [1.165, 1.54) is 0 Å². The minimum absolute atomic E-state index is 0.0728. The van der Waals surface area contributed by atoms with E-state index in [1.54, 1.807) is 30.0 Å². The van der Waals surface area contributed by atoms with Crippen LogP contribution in [0.2, 0.25) is 0 Å². The maximum atomic E-state index is 12.9. The van der Waals surface area contributed by atoms with Gasteiger partial charge in [-0.1, -0.05) is 29.3 Å². The fourth-order valence-electron chi connectivity index (χ4n) is 2.91. The summed E-state index contributed by atoms with van der Waals surface area (Å²) < 4.78 is 11.4. The number of hydrogen-bond donors (Lipinski definition) is 2. The predicted molar refractivity (Wildman–Crippen MR) is 119 cm³/mol. The van der Waals surface area contributed by atoms with Crippen LogP contribution in [0.15, 0.2) is 22.7 Å². The van der Waals surface area contributed by atoms with Gasteiger partial charge in [0.15, 0.2) is 5.11 Å². The average molecular weight is 500 g/mol. The molecule has 164 valence electrons. The zero-order valence-electron chi connectivity index (χ0n) is 17.0. The Balaban J connectivity index is 2.13. The Bertz CT molecular complexity index is 805. The summed E-state index contributed by atoms with van der Waals surface area (Å²) in [6.45, 7) is 5.19. The van der Waals surface area contributed by atoms with Gasteiger partial charge in [-0.15, -0.1) is 0 Å². The largest absolute Gasteiger partial charge is 0.493 e. The zero-order chi connectivity index (χ0) is 22.1. The number of ether oxygens (including phenoxy) is 2. The summed E-state index contributed by atoms with van der Waals surface area (Å²) in [5.41, 5.74) is 0.325. The lowest BCUT2D eigenvalue weighted by atomic mass is 10.1. The molecule has 1 saturated heterocycles. The van der Waals surface area contributed by atoms with Crippen molar-refractivity contribution in [3.8, 4) is 5.75 Å². The van der Waals surface area contributed by atoms with Crippen LogP contribution in [0.3, 0.4) is 0 Å². The molecule has 0 spiro atoms. The molecule has 1 unspecified atom stereocenters. The smallest absolute Gasteiger partial charge is 0.308 e. The first-order chi connectivity index (χ1) is 14.4. The Morgan fingerprint density at radius 3 is 2.83 bits per heavy atom. The summed E-state index contributed by atoms with van der Waals surface area (Å²) >= 11 is 8.75. The van der Waals surface area contributed by atoms with Crippen LogP contribution in [0, 0.1) is 0 Å². The maximum Gasteiger partial charge on any atom is 0.308 e. The molecule has 2 rings (SSSR count). The number of halogens is 1. The molecule has 1 atom stereocenters. The number of nitrogens with zero attached hydrogens (tertiary/aromatic N) is 1. The van der Waals surface area contributed by atoms with E-state index in [9.17, 15) is 14.4 Å². The van der Waals surface area contributed by atoms with Crippen LogP contribution in [-0.4, -0.2) is 60.1 Å². The third-order valence-electron chi connectivity index (χ3n) is 4.42. The fourth-order valence-corrected chi connectivity index (χ4v) is 3.58. The van der Waals surface area contributed by atoms with E-state index in [0.717, 1.165) is 17.3 Å². The van der Waals surface area contributed by atoms with E-state index in [-0.39, 0.29) is 24.0 Å². The molecule has 1 aliphatic rings. The second-order valence-corrected chi connectivity index (χ2v) is 7.91. The second kappa shape index (κ2) is 11.8. The Hall–Kier alpha value is -2.20. The van der Waals surface area contributed by atoms with Crippen molar-refractivity contribution >= 4 is 51.0 Å². The zero-order valence-corrected chi connectivity index (χ0v) is 19.4. The van der Waals surface area contributed by atoms with Gasteiger partial charge in [-0.2, -0.15) is 0 Å². The Morgan fingerprint density at radius 2 is 2.13 bits per heavy atom. The van der Waals surface area contributed by atoms with Crippen molar-refractivity contribution in [3.05, 3.63) is 28.2 Å². The Labute approximate surface area is 189 Å². The van der Waals surface area contributed by atoms with Gasteiger partial charge in [-0.25, -0.2) is 0 Å². The molecule has 8 nitrogen and oxygen atoms in total. The topological polar surface area (TPSA) is 97.0 Å². The summed E-state index contributed by atoms with van der Waals surface area (Å²) in [5.74, 6) is -0.839. The maximum absolute atomic E-state index is 12.9. The summed E-state index contributed by atoms with van der Waals surface area (Å²) in [7, 11) is 0. The van der Waals surface area contributed by atoms with Crippen molar-refractivity contribution in [3.63, 3.8) is 0 Å². The molecule has 0 radical (unpaired) electrons. The molecule has 30 heavy (non-hydrogen) atoms. The van der Waals surface area contributed by atoms with E-state index >= 15 is 0 Å². The number of benzene rings is 1. The van der Waals surface area contributed by atoms with E-state index in [2.05, 4.69) is 33.5 Å². The number of amides is 2. The van der Waals surface area contributed by atoms with Crippen molar-refractivity contribution < 1.29 is 23.9 Å². The van der Waals surface area contributed by atoms with E-state index in [0.29, 0.717) is 31.0 Å². The minimum atomic E-state index is -0.839. The predicted octanol–water partition coefficient (Wildman–Crippen LogP) is 2.40. The summed E-state index contributed by atoms with van der Waals surface area (Å²) in [6.07, 6.45) is 1.69. The van der Waals surface area contributed by atoms with E-state index in [1.807, 2.05) is 0 Å². The first-order valence-corrected chi connectivity index (χ1v) is 11.0. The molecular weight excluding hydrogens is 474 g/mol. The molecule has 0 bridgehead atoms. The van der Waals surface area contributed by atoms with Crippen molar-refractivity contribution in [1.82, 2.24) is 15.5 Å². The summed E-state index contributed by atoms with van der Waals surface area (Å²) in [5, 5.41) is 5.45. The molecule has 1 aliphatic heterocycles. The molecule has 1 aromatic rings. The molecule has 1 heterocycles. The van der Waals surface area contributed by atoms with Crippen molar-refractivity contribution in [1.29, 1.82) is 0 Å². The van der Waals surface area contributed by atoms with Crippen LogP contribution in [0.5, 0.6) is 5.75 Å². The van der Waals surface area contributed by atoms with Crippen LogP contribution < -0.4 is 15.4 Å². The van der Waals surface area contributed by atoms with Gasteiger partial charge >= 0.3 is 5.97 Å². The molecule has 1 fully saturated rings. The van der Waals surface area contributed by atoms with Crippen LogP contribution in [-0.2, 0) is 14.3 Å². The monoisotopic (exact) mass is 499 g/mol. The Morgan fingerprint density at radius 1 is 1.37 bits per heavy atom. The lowest BCUT2D eigenvalue weighted by Gasteiger charge is -2.36. The van der Waals surface area contributed by atoms with Gasteiger partial charge in [0.2, 0.25) is 5.91 Å². The molecule has 0 aliphatic carbocycles. The van der Waals surface area contributed by atoms with Crippen molar-refractivity contribution in [2.24, 2.45) is 0 Å². The molecule has 0 saturated carbocycles. The van der Waals surface area contributed by atoms with Gasteiger partial charge in [0.1, 0.15) is 11.8 Å². The van der Waals surface area contributed by atoms with Gasteiger partial charge in [0.25, 0.3) is 5.91 Å². The van der Waals surface area contributed by atoms with Crippen molar-refractivity contribution in [2.75, 3.05) is 26.3 Å². The number of hydrogen-bond acceptors (Lipinski definition) is 6. The van der Waals surface area contributed by atoms with Gasteiger partial charge in [-0.3, -0.25) is 19.7 Å². The number of unbranched alkanes of at least 4 members (excludes halogenated alkanes) is 1. The molecule has 2 N–H and O–H groups in total. The fraction of sp³-hybridized carbons (Fsp3) is 0.500. The number of nitrogens with one attached hydrogen (secondary N) is 2. The number of piperazine rings is 1. The summed E-state index contributed by atoms with van der Waals surface area (Å²) in [6, 6.07) is 4.32. The molecule has 10 heteroatoms. The lowest BCUT2D eigenvalue weighted by Crippen LogP contribution is -2.60. The lowest BCUT2D eigenvalue weighted by molar-refractivity contribution is -0.147. The van der Waals surface area contributed by atoms with Crippen LogP contribution >= 0.6 is 28.1 Å². The molecule has 2 amide bonds. The quantitative estimate of drug-likeness (QED) is 0.322. The first kappa shape index (κ1) is 24.1. The average Bonchev–Trinajstić information content (AvgIpc) is 2.70. The van der Waals surface area contributed by atoms with E-state index in [4.69, 9.17) is 21.7 Å². The highest BCUT2D eigenvalue weighted by molar-refractivity contribution is 9.10. The van der Waals surface area contributed by atoms with E-state index < -0.39 is 17.9 Å². The first-order valence-electron chi connectivity index (χ1n) is 9.85. The number of carbonyl (C=O) groups excluding carboxylic acids is 3. The SMILES string of the molecule is CCCCOc1ccc(Br)cc1C(=O)NC(=S)N1CCNC(=O)C1CC(=O)OCC. The number of carbonyl (C=O) groups is 3. The van der Waals surface area contributed by atoms with Crippen LogP contribution in [0.25, 0.3) is 0 Å².